The monoisotopic (exact) mass is 412 g/mol. The average Bonchev–Trinajstić information content (AvgIpc) is 2.76. The number of nitrogens with one attached hydrogen (secondary N) is 1. The molecule has 158 valence electrons. The van der Waals surface area contributed by atoms with Crippen LogP contribution >= 0.6 is 0 Å². The second kappa shape index (κ2) is 8.93. The Morgan fingerprint density at radius 3 is 2.33 bits per heavy atom. The summed E-state index contributed by atoms with van der Waals surface area (Å²) in [6, 6.07) is 11.5. The van der Waals surface area contributed by atoms with Gasteiger partial charge in [-0.25, -0.2) is 14.0 Å². The third-order valence-electron chi connectivity index (χ3n) is 6.01. The fourth-order valence-electron chi connectivity index (χ4n) is 4.24. The van der Waals surface area contributed by atoms with Crippen molar-refractivity contribution in [1.82, 2.24) is 10.2 Å². The summed E-state index contributed by atoms with van der Waals surface area (Å²) in [6.07, 6.45) is 1.98. The summed E-state index contributed by atoms with van der Waals surface area (Å²) in [6.45, 7) is 3.23. The smallest absolute Gasteiger partial charge is 0.335 e. The molecule has 0 saturated carbocycles. The molecule has 2 atom stereocenters. The van der Waals surface area contributed by atoms with Gasteiger partial charge in [-0.15, -0.1) is 0 Å². The average molecular weight is 412 g/mol. The zero-order chi connectivity index (χ0) is 21.1. The normalized spacial score (nSPS) is 23.7. The number of fused-ring (bicyclic) bond motifs is 3. The van der Waals surface area contributed by atoms with Crippen molar-refractivity contribution in [1.29, 1.82) is 0 Å². The van der Waals surface area contributed by atoms with Gasteiger partial charge in [0.2, 0.25) is 0 Å². The number of carboxylic acids is 1. The maximum absolute atomic E-state index is 13.4. The Hall–Kier alpha value is -2.77. The van der Waals surface area contributed by atoms with Crippen LogP contribution < -0.4 is 5.32 Å². The van der Waals surface area contributed by atoms with Crippen molar-refractivity contribution in [3.63, 3.8) is 0 Å². The Kier molecular flexibility index (Phi) is 6.11. The first kappa shape index (κ1) is 20.5. The number of halogens is 1. The molecule has 3 aliphatic heterocycles. The van der Waals surface area contributed by atoms with Crippen molar-refractivity contribution in [2.45, 2.75) is 31.5 Å². The molecule has 3 aliphatic rings. The lowest BCUT2D eigenvalue weighted by Gasteiger charge is -2.44. The number of carbonyl (C=O) groups excluding carboxylic acids is 1. The largest absolute Gasteiger partial charge is 0.478 e. The second-order valence-corrected chi connectivity index (χ2v) is 7.98. The van der Waals surface area contributed by atoms with Crippen LogP contribution in [0.15, 0.2) is 48.5 Å². The van der Waals surface area contributed by atoms with Gasteiger partial charge in [-0.2, -0.15) is 0 Å². The fraction of sp³-hybridized carbons (Fsp3) is 0.391. The summed E-state index contributed by atoms with van der Waals surface area (Å²) < 4.78 is 19.3. The predicted octanol–water partition coefficient (Wildman–Crippen LogP) is 2.99. The zero-order valence-electron chi connectivity index (χ0n) is 16.6. The van der Waals surface area contributed by atoms with Gasteiger partial charge >= 0.3 is 11.9 Å². The minimum atomic E-state index is -0.986. The first-order chi connectivity index (χ1) is 14.5. The van der Waals surface area contributed by atoms with Crippen molar-refractivity contribution in [2.24, 2.45) is 5.92 Å². The van der Waals surface area contributed by atoms with Crippen LogP contribution in [0.5, 0.6) is 0 Å². The Labute approximate surface area is 174 Å². The van der Waals surface area contributed by atoms with E-state index in [9.17, 15) is 14.0 Å². The minimum Gasteiger partial charge on any atom is -0.478 e. The molecule has 2 bridgehead atoms. The van der Waals surface area contributed by atoms with Gasteiger partial charge in [0.05, 0.1) is 5.56 Å². The van der Waals surface area contributed by atoms with Crippen molar-refractivity contribution in [2.75, 3.05) is 19.6 Å². The Morgan fingerprint density at radius 1 is 1.10 bits per heavy atom. The van der Waals surface area contributed by atoms with Crippen molar-refractivity contribution in [3.8, 4) is 0 Å². The standard InChI is InChI=1S/C23H25FN2O4/c24-19-7-5-17(6-8-19)21(25-13-15-1-3-18(4-2-15)22(27)28)23(29)30-20-14-26-11-9-16(20)10-12-26/h1-8,16,20-21,25H,9-14H2,(H,27,28)/t20-,21?/m0/s1. The van der Waals surface area contributed by atoms with Crippen LogP contribution in [0.3, 0.4) is 0 Å². The molecule has 3 saturated heterocycles. The molecule has 0 amide bonds. The van der Waals surface area contributed by atoms with Gasteiger partial charge in [0.1, 0.15) is 18.0 Å². The van der Waals surface area contributed by atoms with Gasteiger partial charge in [0.15, 0.2) is 0 Å². The molecule has 3 heterocycles. The number of aromatic carboxylic acids is 1. The maximum atomic E-state index is 13.4. The van der Waals surface area contributed by atoms with E-state index in [-0.39, 0.29) is 23.5 Å². The topological polar surface area (TPSA) is 78.9 Å². The number of rotatable bonds is 7. The lowest BCUT2D eigenvalue weighted by atomic mass is 9.86. The highest BCUT2D eigenvalue weighted by atomic mass is 19.1. The number of hydrogen-bond acceptors (Lipinski definition) is 5. The third kappa shape index (κ3) is 4.68. The number of esters is 1. The van der Waals surface area contributed by atoms with Crippen LogP contribution in [0, 0.1) is 11.7 Å². The van der Waals surface area contributed by atoms with Gasteiger partial charge in [-0.1, -0.05) is 24.3 Å². The molecule has 7 heteroatoms. The van der Waals surface area contributed by atoms with E-state index < -0.39 is 12.0 Å². The van der Waals surface area contributed by atoms with Crippen molar-refractivity contribution >= 4 is 11.9 Å². The number of carbonyl (C=O) groups is 2. The number of piperidine rings is 3. The van der Waals surface area contributed by atoms with Gasteiger partial charge in [-0.3, -0.25) is 10.2 Å². The lowest BCUT2D eigenvalue weighted by molar-refractivity contribution is -0.161. The molecule has 3 fully saturated rings. The SMILES string of the molecule is O=C(O)c1ccc(CNC(C(=O)O[C@H]2CN3CCC2CC3)c2ccc(F)cc2)cc1. The van der Waals surface area contributed by atoms with Crippen LogP contribution in [0.1, 0.15) is 40.4 Å². The molecule has 0 spiro atoms. The van der Waals surface area contributed by atoms with E-state index in [0.717, 1.165) is 38.0 Å². The number of carboxylic acid groups (broad SMARTS) is 1. The summed E-state index contributed by atoms with van der Waals surface area (Å²) in [4.78, 5) is 26.4. The van der Waals surface area contributed by atoms with Gasteiger partial charge in [-0.05, 0) is 67.2 Å². The molecule has 0 radical (unpaired) electrons. The Balaban J connectivity index is 1.47. The molecule has 30 heavy (non-hydrogen) atoms. The molecular formula is C23H25FN2O4. The highest BCUT2D eigenvalue weighted by Gasteiger charge is 2.37. The van der Waals surface area contributed by atoms with E-state index in [1.807, 2.05) is 0 Å². The van der Waals surface area contributed by atoms with Crippen LogP contribution in [-0.4, -0.2) is 47.7 Å². The van der Waals surface area contributed by atoms with E-state index in [0.29, 0.717) is 18.0 Å². The van der Waals surface area contributed by atoms with Crippen LogP contribution in [0.2, 0.25) is 0 Å². The molecule has 2 N–H and O–H groups in total. The maximum Gasteiger partial charge on any atom is 0.335 e. The van der Waals surface area contributed by atoms with Crippen molar-refractivity contribution in [3.05, 3.63) is 71.0 Å². The van der Waals surface area contributed by atoms with E-state index in [4.69, 9.17) is 9.84 Å². The molecule has 0 aromatic heterocycles. The summed E-state index contributed by atoms with van der Waals surface area (Å²) in [5, 5.41) is 12.2. The first-order valence-electron chi connectivity index (χ1n) is 10.2. The van der Waals surface area contributed by atoms with Crippen LogP contribution in [-0.2, 0) is 16.1 Å². The third-order valence-corrected chi connectivity index (χ3v) is 6.01. The molecule has 0 aliphatic carbocycles. The number of hydrogen-bond donors (Lipinski definition) is 2. The number of nitrogens with zero attached hydrogens (tertiary/aromatic N) is 1. The molecular weight excluding hydrogens is 387 g/mol. The van der Waals surface area contributed by atoms with Gasteiger partial charge in [0, 0.05) is 13.1 Å². The van der Waals surface area contributed by atoms with E-state index in [1.54, 1.807) is 24.3 Å². The van der Waals surface area contributed by atoms with Gasteiger partial charge in [0.25, 0.3) is 0 Å². The zero-order valence-corrected chi connectivity index (χ0v) is 16.6. The number of benzene rings is 2. The molecule has 6 nitrogen and oxygen atoms in total. The summed E-state index contributed by atoms with van der Waals surface area (Å²) in [7, 11) is 0. The second-order valence-electron chi connectivity index (χ2n) is 7.98. The van der Waals surface area contributed by atoms with E-state index in [2.05, 4.69) is 10.2 Å². The lowest BCUT2D eigenvalue weighted by Crippen LogP contribution is -2.52. The highest BCUT2D eigenvalue weighted by molar-refractivity contribution is 5.87. The quantitative estimate of drug-likeness (QED) is 0.681. The fourth-order valence-corrected chi connectivity index (χ4v) is 4.24. The molecule has 2 aromatic carbocycles. The Bertz CT molecular complexity index is 892. The molecule has 2 aromatic rings. The van der Waals surface area contributed by atoms with E-state index >= 15 is 0 Å². The summed E-state index contributed by atoms with van der Waals surface area (Å²) in [5.74, 6) is -1.33. The van der Waals surface area contributed by atoms with Crippen LogP contribution in [0.25, 0.3) is 0 Å². The van der Waals surface area contributed by atoms with Gasteiger partial charge < -0.3 is 9.84 Å². The predicted molar refractivity (Wildman–Crippen MR) is 108 cm³/mol. The summed E-state index contributed by atoms with van der Waals surface area (Å²) in [5.41, 5.74) is 1.67. The molecule has 5 rings (SSSR count). The minimum absolute atomic E-state index is 0.111. The van der Waals surface area contributed by atoms with Crippen molar-refractivity contribution < 1.29 is 23.8 Å². The Morgan fingerprint density at radius 2 is 1.77 bits per heavy atom. The van der Waals surface area contributed by atoms with Crippen LogP contribution in [0.4, 0.5) is 4.39 Å². The van der Waals surface area contributed by atoms with E-state index in [1.165, 1.54) is 24.3 Å². The summed E-state index contributed by atoms with van der Waals surface area (Å²) >= 11 is 0. The molecule has 1 unspecified atom stereocenters. The number of ether oxygens (including phenoxy) is 1. The highest BCUT2D eigenvalue weighted by Crippen LogP contribution is 2.30. The first-order valence-corrected chi connectivity index (χ1v) is 10.2.